The minimum atomic E-state index is -0.438. The summed E-state index contributed by atoms with van der Waals surface area (Å²) >= 11 is 0. The second kappa shape index (κ2) is 8.80. The predicted octanol–water partition coefficient (Wildman–Crippen LogP) is 4.67. The van der Waals surface area contributed by atoms with Crippen LogP contribution in [0.4, 0.5) is 0 Å². The third-order valence-electron chi connectivity index (χ3n) is 2.91. The van der Waals surface area contributed by atoms with Crippen molar-refractivity contribution in [1.29, 1.82) is 0 Å². The molecule has 1 aromatic rings. The van der Waals surface area contributed by atoms with Gasteiger partial charge in [0.15, 0.2) is 0 Å². The number of allylic oxidation sites excluding steroid dienone is 3. The lowest BCUT2D eigenvalue weighted by atomic mass is 10.1. The fraction of sp³-hybridized carbons (Fsp3) is 0.278. The molecule has 0 aliphatic carbocycles. The van der Waals surface area contributed by atoms with Crippen molar-refractivity contribution in [3.8, 4) is 5.75 Å². The number of ether oxygens (including phenoxy) is 2. The summed E-state index contributed by atoms with van der Waals surface area (Å²) in [6, 6.07) is 6.72. The first kappa shape index (κ1) is 16.8. The lowest BCUT2D eigenvalue weighted by molar-refractivity contribution is 0.0638. The summed E-state index contributed by atoms with van der Waals surface area (Å²) in [7, 11) is 1.57. The minimum absolute atomic E-state index is 0.300. The molecule has 3 nitrogen and oxygen atoms in total. The van der Waals surface area contributed by atoms with E-state index in [0.717, 1.165) is 24.8 Å². The molecule has 0 aliphatic heterocycles. The van der Waals surface area contributed by atoms with E-state index in [1.54, 1.807) is 37.5 Å². The molecule has 0 N–H and O–H groups in total. The Kier molecular flexibility index (Phi) is 7.02. The van der Waals surface area contributed by atoms with Gasteiger partial charge in [0.2, 0.25) is 0 Å². The number of benzene rings is 1. The maximum absolute atomic E-state index is 11.9. The summed E-state index contributed by atoms with van der Waals surface area (Å²) in [6.45, 7) is 9.78. The smallest absolute Gasteiger partial charge is 0.343 e. The van der Waals surface area contributed by atoms with Crippen LogP contribution in [0.25, 0.3) is 0 Å². The van der Waals surface area contributed by atoms with Gasteiger partial charge in [-0.05, 0) is 43.2 Å². The molecule has 0 bridgehead atoms. The molecule has 0 amide bonds. The molecule has 21 heavy (non-hydrogen) atoms. The molecule has 1 aromatic carbocycles. The van der Waals surface area contributed by atoms with Crippen molar-refractivity contribution in [3.05, 3.63) is 66.5 Å². The van der Waals surface area contributed by atoms with Gasteiger partial charge in [0.25, 0.3) is 0 Å². The minimum Gasteiger partial charge on any atom is -0.497 e. The third-order valence-corrected chi connectivity index (χ3v) is 2.91. The summed E-state index contributed by atoms with van der Waals surface area (Å²) in [4.78, 5) is 11.9. The normalized spacial score (nSPS) is 10.4. The van der Waals surface area contributed by atoms with Crippen LogP contribution in [-0.2, 0) is 4.74 Å². The molecule has 3 heteroatoms. The topological polar surface area (TPSA) is 35.5 Å². The number of carbonyl (C=O) groups is 1. The summed E-state index contributed by atoms with van der Waals surface area (Å²) in [5.74, 6) is 0.553. The van der Waals surface area contributed by atoms with E-state index in [4.69, 9.17) is 9.47 Å². The largest absolute Gasteiger partial charge is 0.497 e. The molecule has 0 radical (unpaired) electrons. The molecule has 0 atom stereocenters. The van der Waals surface area contributed by atoms with Gasteiger partial charge in [-0.2, -0.15) is 0 Å². The number of hydrogen-bond acceptors (Lipinski definition) is 3. The van der Waals surface area contributed by atoms with Crippen LogP contribution in [0.15, 0.2) is 60.9 Å². The lowest BCUT2D eigenvalue weighted by Gasteiger charge is -2.05. The molecular weight excluding hydrogens is 264 g/mol. The summed E-state index contributed by atoms with van der Waals surface area (Å²) in [5, 5.41) is 0. The average Bonchev–Trinajstić information content (AvgIpc) is 2.50. The Morgan fingerprint density at radius 3 is 2.43 bits per heavy atom. The van der Waals surface area contributed by atoms with Crippen LogP contribution in [0.2, 0.25) is 0 Å². The number of methoxy groups -OCH3 is 1. The van der Waals surface area contributed by atoms with E-state index in [1.807, 2.05) is 6.08 Å². The van der Waals surface area contributed by atoms with E-state index in [9.17, 15) is 4.79 Å². The molecular formula is C18H22O3. The molecule has 0 fully saturated rings. The Balaban J connectivity index is 2.51. The Bertz CT molecular complexity index is 524. The van der Waals surface area contributed by atoms with Crippen LogP contribution in [0.5, 0.6) is 5.75 Å². The van der Waals surface area contributed by atoms with Crippen LogP contribution in [-0.4, -0.2) is 13.1 Å². The first-order valence-electron chi connectivity index (χ1n) is 6.97. The van der Waals surface area contributed by atoms with E-state index in [1.165, 1.54) is 0 Å². The van der Waals surface area contributed by atoms with Crippen molar-refractivity contribution in [1.82, 2.24) is 0 Å². The van der Waals surface area contributed by atoms with Gasteiger partial charge in [0.05, 0.1) is 12.7 Å². The summed E-state index contributed by atoms with van der Waals surface area (Å²) in [5.41, 5.74) is 1.45. The average molecular weight is 286 g/mol. The van der Waals surface area contributed by atoms with Crippen molar-refractivity contribution >= 4 is 5.97 Å². The van der Waals surface area contributed by atoms with E-state index >= 15 is 0 Å². The van der Waals surface area contributed by atoms with Gasteiger partial charge >= 0.3 is 5.97 Å². The Hall–Kier alpha value is -2.29. The highest BCUT2D eigenvalue weighted by molar-refractivity contribution is 5.90. The van der Waals surface area contributed by atoms with Crippen LogP contribution in [0.3, 0.4) is 0 Å². The maximum Gasteiger partial charge on any atom is 0.343 e. The number of unbranched alkanes of at least 4 members (excludes halogenated alkanes) is 1. The highest BCUT2D eigenvalue weighted by Gasteiger charge is 2.07. The number of hydrogen-bond donors (Lipinski definition) is 0. The lowest BCUT2D eigenvalue weighted by Crippen LogP contribution is -2.03. The SMILES string of the molecule is C=C(/C=C\C(=C)OC(=O)c1ccc(OC)cc1)CCCC. The van der Waals surface area contributed by atoms with Crippen LogP contribution < -0.4 is 4.74 Å². The second-order valence-corrected chi connectivity index (χ2v) is 4.68. The zero-order valence-corrected chi connectivity index (χ0v) is 12.7. The molecule has 0 saturated carbocycles. The molecule has 0 saturated heterocycles. The van der Waals surface area contributed by atoms with Gasteiger partial charge in [0, 0.05) is 0 Å². The van der Waals surface area contributed by atoms with Crippen molar-refractivity contribution in [2.75, 3.05) is 7.11 Å². The molecule has 0 spiro atoms. The van der Waals surface area contributed by atoms with Gasteiger partial charge in [-0.15, -0.1) is 0 Å². The van der Waals surface area contributed by atoms with E-state index in [2.05, 4.69) is 20.1 Å². The van der Waals surface area contributed by atoms with E-state index in [0.29, 0.717) is 17.1 Å². The second-order valence-electron chi connectivity index (χ2n) is 4.68. The van der Waals surface area contributed by atoms with Crippen LogP contribution in [0, 0.1) is 0 Å². The Morgan fingerprint density at radius 1 is 1.19 bits per heavy atom. The van der Waals surface area contributed by atoms with Crippen molar-refractivity contribution in [2.45, 2.75) is 26.2 Å². The molecule has 112 valence electrons. The first-order chi connectivity index (χ1) is 10.1. The highest BCUT2D eigenvalue weighted by atomic mass is 16.5. The summed E-state index contributed by atoms with van der Waals surface area (Å²) < 4.78 is 10.2. The standard InChI is InChI=1S/C18H22O3/c1-5-6-7-14(2)8-9-15(3)21-18(19)16-10-12-17(20-4)13-11-16/h8-13H,2-3,5-7H2,1,4H3/b9-8-. The van der Waals surface area contributed by atoms with Crippen LogP contribution >= 0.6 is 0 Å². The fourth-order valence-corrected chi connectivity index (χ4v) is 1.64. The molecule has 1 rings (SSSR count). The predicted molar refractivity (Wildman–Crippen MR) is 85.4 cm³/mol. The van der Waals surface area contributed by atoms with E-state index in [-0.39, 0.29) is 0 Å². The zero-order valence-electron chi connectivity index (χ0n) is 12.7. The fourth-order valence-electron chi connectivity index (χ4n) is 1.64. The number of esters is 1. The molecule has 0 unspecified atom stereocenters. The van der Waals surface area contributed by atoms with Gasteiger partial charge in [-0.1, -0.05) is 38.2 Å². The number of rotatable bonds is 8. The quantitative estimate of drug-likeness (QED) is 0.396. The number of carbonyl (C=O) groups excluding carboxylic acids is 1. The van der Waals surface area contributed by atoms with Gasteiger partial charge in [0.1, 0.15) is 11.5 Å². The van der Waals surface area contributed by atoms with Gasteiger partial charge in [-0.3, -0.25) is 0 Å². The highest BCUT2D eigenvalue weighted by Crippen LogP contribution is 2.14. The van der Waals surface area contributed by atoms with Crippen molar-refractivity contribution in [2.24, 2.45) is 0 Å². The van der Waals surface area contributed by atoms with Crippen LogP contribution in [0.1, 0.15) is 36.5 Å². The first-order valence-corrected chi connectivity index (χ1v) is 6.97. The zero-order chi connectivity index (χ0) is 15.7. The van der Waals surface area contributed by atoms with Crippen molar-refractivity contribution < 1.29 is 14.3 Å². The van der Waals surface area contributed by atoms with Crippen molar-refractivity contribution in [3.63, 3.8) is 0 Å². The van der Waals surface area contributed by atoms with Gasteiger partial charge < -0.3 is 9.47 Å². The molecule has 0 heterocycles. The maximum atomic E-state index is 11.9. The Morgan fingerprint density at radius 2 is 1.86 bits per heavy atom. The monoisotopic (exact) mass is 286 g/mol. The molecule has 0 aliphatic rings. The molecule has 0 aromatic heterocycles. The Labute approximate surface area is 126 Å². The van der Waals surface area contributed by atoms with E-state index < -0.39 is 5.97 Å². The third kappa shape index (κ3) is 6.13. The van der Waals surface area contributed by atoms with Gasteiger partial charge in [-0.25, -0.2) is 4.79 Å². The summed E-state index contributed by atoms with van der Waals surface area (Å²) in [6.07, 6.45) is 6.66.